The Morgan fingerprint density at radius 1 is 1.00 bits per heavy atom. The second kappa shape index (κ2) is 10.2. The predicted octanol–water partition coefficient (Wildman–Crippen LogP) is 5.49. The Labute approximate surface area is 203 Å². The summed E-state index contributed by atoms with van der Waals surface area (Å²) in [5.74, 6) is 0.611. The first kappa shape index (κ1) is 24.4. The first-order valence-corrected chi connectivity index (χ1v) is 14.2. The van der Waals surface area contributed by atoms with Crippen LogP contribution in [0.5, 0.6) is 0 Å². The molecule has 1 aliphatic rings. The number of hydrogen-bond acceptors (Lipinski definition) is 4. The minimum atomic E-state index is -2.49. The van der Waals surface area contributed by atoms with Gasteiger partial charge in [0.05, 0.1) is 11.0 Å². The van der Waals surface area contributed by atoms with E-state index in [9.17, 15) is 10.1 Å². The lowest BCUT2D eigenvalue weighted by molar-refractivity contribution is -0.385. The van der Waals surface area contributed by atoms with Gasteiger partial charge in [-0.2, -0.15) is 5.10 Å². The molecule has 4 rings (SSSR count). The molecule has 0 atom stereocenters. The molecular weight excluding hydrogens is 442 g/mol. The van der Waals surface area contributed by atoms with Crippen LogP contribution in [0, 0.1) is 16.0 Å². The van der Waals surface area contributed by atoms with E-state index >= 15 is 0 Å². The number of rotatable bonds is 8. The first-order valence-electron chi connectivity index (χ1n) is 12.2. The van der Waals surface area contributed by atoms with Crippen molar-refractivity contribution in [2.24, 2.45) is 5.92 Å². The van der Waals surface area contributed by atoms with Gasteiger partial charge >= 0.3 is 5.69 Å². The second-order valence-corrected chi connectivity index (χ2v) is 14.7. The van der Waals surface area contributed by atoms with Crippen LogP contribution in [0.15, 0.2) is 73.1 Å². The molecule has 0 saturated heterocycles. The number of nitrogens with zero attached hydrogens (tertiary/aromatic N) is 3. The van der Waals surface area contributed by atoms with Crippen LogP contribution in [0.1, 0.15) is 58.9 Å². The van der Waals surface area contributed by atoms with E-state index in [4.69, 9.17) is 4.43 Å². The fourth-order valence-corrected chi connectivity index (χ4v) is 10.0. The van der Waals surface area contributed by atoms with Gasteiger partial charge in [-0.1, -0.05) is 81.4 Å². The van der Waals surface area contributed by atoms with Crippen LogP contribution in [0.25, 0.3) is 0 Å². The van der Waals surface area contributed by atoms with E-state index in [1.807, 2.05) is 0 Å². The molecular formula is C27H35N3O3Si. The third kappa shape index (κ3) is 5.00. The maximum atomic E-state index is 11.0. The molecule has 0 N–H and O–H groups in total. The average Bonchev–Trinajstić information content (AvgIpc) is 3.33. The van der Waals surface area contributed by atoms with Gasteiger partial charge in [0.2, 0.25) is 0 Å². The van der Waals surface area contributed by atoms with Crippen LogP contribution in [-0.2, 0) is 4.43 Å². The zero-order valence-corrected chi connectivity index (χ0v) is 21.4. The maximum Gasteiger partial charge on any atom is 0.307 e. The van der Waals surface area contributed by atoms with Crippen molar-refractivity contribution in [2.75, 3.05) is 6.61 Å². The van der Waals surface area contributed by atoms with E-state index in [0.29, 0.717) is 5.92 Å². The van der Waals surface area contributed by atoms with Crippen LogP contribution < -0.4 is 10.4 Å². The smallest absolute Gasteiger partial charge is 0.307 e. The van der Waals surface area contributed by atoms with E-state index in [1.54, 1.807) is 10.9 Å². The number of aromatic nitrogens is 2. The molecule has 3 aromatic rings. The van der Waals surface area contributed by atoms with Crippen molar-refractivity contribution < 1.29 is 9.35 Å². The van der Waals surface area contributed by atoms with Crippen LogP contribution in [0.4, 0.5) is 5.69 Å². The molecule has 0 radical (unpaired) electrons. The molecule has 180 valence electrons. The highest BCUT2D eigenvalue weighted by Gasteiger charge is 2.50. The highest BCUT2D eigenvalue weighted by Crippen LogP contribution is 2.38. The summed E-state index contributed by atoms with van der Waals surface area (Å²) >= 11 is 0. The van der Waals surface area contributed by atoms with Gasteiger partial charge in [-0.25, -0.2) is 0 Å². The van der Waals surface area contributed by atoms with E-state index in [-0.39, 0.29) is 21.7 Å². The first-order chi connectivity index (χ1) is 16.3. The summed E-state index contributed by atoms with van der Waals surface area (Å²) in [6.07, 6.45) is 8.16. The SMILES string of the molecule is CC(C)(C)[Si](OCC[C@H]1CC[C@H](n2cc([N+](=O)[O-])cn2)CC1)(c1ccccc1)c1ccccc1. The van der Waals surface area contributed by atoms with E-state index in [2.05, 4.69) is 86.5 Å². The molecule has 1 saturated carbocycles. The Bertz CT molecular complexity index is 1030. The van der Waals surface area contributed by atoms with Gasteiger partial charge < -0.3 is 4.43 Å². The van der Waals surface area contributed by atoms with E-state index in [1.165, 1.54) is 16.6 Å². The molecule has 34 heavy (non-hydrogen) atoms. The van der Waals surface area contributed by atoms with Gasteiger partial charge in [0.25, 0.3) is 8.32 Å². The molecule has 0 bridgehead atoms. The normalized spacial score (nSPS) is 19.1. The lowest BCUT2D eigenvalue weighted by Crippen LogP contribution is -2.66. The Morgan fingerprint density at radius 2 is 1.56 bits per heavy atom. The number of nitro groups is 1. The Hall–Kier alpha value is -2.77. The standard InChI is InChI=1S/C27H35N3O3Si/c1-27(2,3)34(25-10-6-4-7-11-25,26-12-8-5-9-13-26)33-19-18-22-14-16-23(17-15-22)29-21-24(20-28-29)30(31)32/h4-13,20-23H,14-19H2,1-3H3/t22-,23-. The predicted molar refractivity (Wildman–Crippen MR) is 138 cm³/mol. The summed E-state index contributed by atoms with van der Waals surface area (Å²) in [7, 11) is -2.49. The molecule has 0 spiro atoms. The molecule has 2 aromatic carbocycles. The van der Waals surface area contributed by atoms with Gasteiger partial charge in [0, 0.05) is 6.61 Å². The number of benzene rings is 2. The van der Waals surface area contributed by atoms with Crippen molar-refractivity contribution in [3.8, 4) is 0 Å². The highest BCUT2D eigenvalue weighted by molar-refractivity contribution is 6.99. The molecule has 7 heteroatoms. The van der Waals surface area contributed by atoms with E-state index in [0.717, 1.165) is 38.7 Å². The monoisotopic (exact) mass is 477 g/mol. The van der Waals surface area contributed by atoms with Crippen molar-refractivity contribution in [1.82, 2.24) is 9.78 Å². The fourth-order valence-electron chi connectivity index (χ4n) is 5.46. The minimum absolute atomic E-state index is 0.0117. The summed E-state index contributed by atoms with van der Waals surface area (Å²) in [5.41, 5.74) is 0.0702. The van der Waals surface area contributed by atoms with Crippen LogP contribution in [-0.4, -0.2) is 29.6 Å². The Balaban J connectivity index is 1.44. The lowest BCUT2D eigenvalue weighted by atomic mass is 9.84. The van der Waals surface area contributed by atoms with Crippen molar-refractivity contribution >= 4 is 24.4 Å². The average molecular weight is 478 g/mol. The zero-order chi connectivity index (χ0) is 24.2. The van der Waals surface area contributed by atoms with Crippen LogP contribution in [0.2, 0.25) is 5.04 Å². The van der Waals surface area contributed by atoms with Crippen molar-refractivity contribution in [1.29, 1.82) is 0 Å². The quantitative estimate of drug-likeness (QED) is 0.244. The van der Waals surface area contributed by atoms with Crippen molar-refractivity contribution in [3.63, 3.8) is 0 Å². The van der Waals surface area contributed by atoms with E-state index < -0.39 is 8.32 Å². The third-order valence-corrected chi connectivity index (χ3v) is 12.3. The molecule has 0 aliphatic heterocycles. The zero-order valence-electron chi connectivity index (χ0n) is 20.4. The summed E-state index contributed by atoms with van der Waals surface area (Å²) in [5, 5.41) is 17.8. The van der Waals surface area contributed by atoms with Gasteiger partial charge in [0.15, 0.2) is 0 Å². The topological polar surface area (TPSA) is 70.2 Å². The molecule has 6 nitrogen and oxygen atoms in total. The van der Waals surface area contributed by atoms with Crippen LogP contribution in [0.3, 0.4) is 0 Å². The Kier molecular flexibility index (Phi) is 7.33. The molecule has 0 amide bonds. The molecule has 1 aromatic heterocycles. The molecule has 1 aliphatic carbocycles. The summed E-state index contributed by atoms with van der Waals surface area (Å²) in [6, 6.07) is 21.8. The summed E-state index contributed by atoms with van der Waals surface area (Å²) < 4.78 is 8.84. The second-order valence-electron chi connectivity index (χ2n) is 10.4. The summed E-state index contributed by atoms with van der Waals surface area (Å²) in [4.78, 5) is 10.6. The van der Waals surface area contributed by atoms with Gasteiger partial charge in [-0.15, -0.1) is 0 Å². The Morgan fingerprint density at radius 3 is 2.03 bits per heavy atom. The summed E-state index contributed by atoms with van der Waals surface area (Å²) in [6.45, 7) is 7.69. The van der Waals surface area contributed by atoms with Gasteiger partial charge in [-0.05, 0) is 53.4 Å². The van der Waals surface area contributed by atoms with Crippen molar-refractivity contribution in [2.45, 2.75) is 64.0 Å². The third-order valence-electron chi connectivity index (χ3n) is 7.25. The molecule has 1 heterocycles. The molecule has 1 fully saturated rings. The lowest BCUT2D eigenvalue weighted by Gasteiger charge is -2.43. The molecule has 0 unspecified atom stereocenters. The number of hydrogen-bond donors (Lipinski definition) is 0. The fraction of sp³-hybridized carbons (Fsp3) is 0.444. The largest absolute Gasteiger partial charge is 0.407 e. The van der Waals surface area contributed by atoms with Crippen LogP contribution >= 0.6 is 0 Å². The minimum Gasteiger partial charge on any atom is -0.407 e. The van der Waals surface area contributed by atoms with Gasteiger partial charge in [0.1, 0.15) is 12.4 Å². The highest BCUT2D eigenvalue weighted by atomic mass is 28.4. The van der Waals surface area contributed by atoms with Gasteiger partial charge in [-0.3, -0.25) is 14.8 Å². The van der Waals surface area contributed by atoms with Crippen molar-refractivity contribution in [3.05, 3.63) is 83.2 Å². The maximum absolute atomic E-state index is 11.0.